The molecule has 29 heavy (non-hydrogen) atoms. The topological polar surface area (TPSA) is 18.5 Å². The molecule has 0 aliphatic heterocycles. The van der Waals surface area contributed by atoms with Crippen molar-refractivity contribution in [3.8, 4) is 33.8 Å². The van der Waals surface area contributed by atoms with Crippen LogP contribution >= 0.6 is 0 Å². The van der Waals surface area contributed by atoms with Gasteiger partial charge in [-0.2, -0.15) is 0 Å². The van der Waals surface area contributed by atoms with E-state index >= 15 is 0 Å². The highest BCUT2D eigenvalue weighted by atomic mass is 19.1. The third kappa shape index (κ3) is 4.46. The molecule has 142 valence electrons. The van der Waals surface area contributed by atoms with Gasteiger partial charge in [-0.15, -0.1) is 0 Å². The zero-order valence-corrected chi connectivity index (χ0v) is 15.5. The third-order valence-corrected chi connectivity index (χ3v) is 4.50. The number of halogens is 2. The molecule has 4 rings (SSSR count). The zero-order valence-electron chi connectivity index (χ0n) is 15.5. The molecule has 2 nitrogen and oxygen atoms in total. The minimum absolute atomic E-state index is 0.158. The van der Waals surface area contributed by atoms with E-state index < -0.39 is 0 Å². The van der Waals surface area contributed by atoms with Crippen LogP contribution in [0.1, 0.15) is 0 Å². The largest absolute Gasteiger partial charge is 0.576 e. The molecular weight excluding hydrogens is 369 g/mol. The standard InChI is InChI=1S/C24H17BF2O2/c26-23-15-19(11-13-21(23)17-7-3-1-4-8-17)28-25-29-20-12-14-22(24(27)16-20)18-9-5-2-6-10-18/h1-16,25H. The Hall–Kier alpha value is -3.60. The van der Waals surface area contributed by atoms with E-state index in [2.05, 4.69) is 0 Å². The van der Waals surface area contributed by atoms with Crippen LogP contribution in [-0.2, 0) is 0 Å². The van der Waals surface area contributed by atoms with Crippen molar-refractivity contribution < 1.29 is 18.1 Å². The Labute approximate surface area is 168 Å². The molecule has 0 saturated carbocycles. The van der Waals surface area contributed by atoms with Gasteiger partial charge in [0.25, 0.3) is 0 Å². The van der Waals surface area contributed by atoms with E-state index in [1.54, 1.807) is 24.3 Å². The normalized spacial score (nSPS) is 10.4. The Bertz CT molecular complexity index is 1010. The minimum Gasteiger partial charge on any atom is -0.528 e. The molecule has 0 heterocycles. The lowest BCUT2D eigenvalue weighted by molar-refractivity contribution is 0.454. The monoisotopic (exact) mass is 386 g/mol. The quantitative estimate of drug-likeness (QED) is 0.377. The molecule has 0 aliphatic carbocycles. The summed E-state index contributed by atoms with van der Waals surface area (Å²) in [6, 6.07) is 27.8. The zero-order chi connectivity index (χ0) is 20.1. The predicted molar refractivity (Wildman–Crippen MR) is 112 cm³/mol. The highest BCUT2D eigenvalue weighted by molar-refractivity contribution is 6.20. The molecule has 0 amide bonds. The Morgan fingerprint density at radius 2 is 0.931 bits per heavy atom. The van der Waals surface area contributed by atoms with Gasteiger partial charge >= 0.3 is 7.69 Å². The van der Waals surface area contributed by atoms with Crippen molar-refractivity contribution >= 4 is 7.69 Å². The van der Waals surface area contributed by atoms with Crippen molar-refractivity contribution in [3.05, 3.63) is 109 Å². The maximum Gasteiger partial charge on any atom is 0.576 e. The minimum atomic E-state index is -0.382. The summed E-state index contributed by atoms with van der Waals surface area (Å²) in [4.78, 5) is 0. The van der Waals surface area contributed by atoms with Crippen LogP contribution in [0.2, 0.25) is 0 Å². The van der Waals surface area contributed by atoms with Crippen LogP contribution in [0.3, 0.4) is 0 Å². The van der Waals surface area contributed by atoms with Crippen molar-refractivity contribution in [2.75, 3.05) is 0 Å². The molecule has 0 spiro atoms. The first kappa shape index (κ1) is 18.8. The van der Waals surface area contributed by atoms with E-state index in [0.29, 0.717) is 22.6 Å². The fraction of sp³-hybridized carbons (Fsp3) is 0. The second kappa shape index (κ2) is 8.61. The molecule has 0 aliphatic rings. The summed E-state index contributed by atoms with van der Waals surface area (Å²) in [5.41, 5.74) is 2.58. The predicted octanol–water partition coefficient (Wildman–Crippen LogP) is 6.02. The molecule has 0 atom stereocenters. The summed E-state index contributed by atoms with van der Waals surface area (Å²) in [6.07, 6.45) is 0. The van der Waals surface area contributed by atoms with Crippen LogP contribution in [0.25, 0.3) is 22.3 Å². The summed E-state index contributed by atoms with van der Waals surface area (Å²) in [5, 5.41) is 0. The molecule has 0 fully saturated rings. The van der Waals surface area contributed by atoms with Gasteiger partial charge in [0.1, 0.15) is 23.1 Å². The molecule has 0 saturated heterocycles. The van der Waals surface area contributed by atoms with Crippen LogP contribution in [-0.4, -0.2) is 7.69 Å². The van der Waals surface area contributed by atoms with Gasteiger partial charge in [0.05, 0.1) is 0 Å². The Kier molecular flexibility index (Phi) is 5.57. The molecule has 4 aromatic rings. The second-order valence-electron chi connectivity index (χ2n) is 6.42. The maximum atomic E-state index is 14.4. The first-order valence-electron chi connectivity index (χ1n) is 9.16. The van der Waals surface area contributed by atoms with Crippen molar-refractivity contribution in [2.24, 2.45) is 0 Å². The summed E-state index contributed by atoms with van der Waals surface area (Å²) in [5.74, 6) is -0.0916. The van der Waals surface area contributed by atoms with E-state index in [1.807, 2.05) is 60.7 Å². The summed E-state index contributed by atoms with van der Waals surface area (Å²) in [7, 11) is -0.158. The van der Waals surface area contributed by atoms with Crippen molar-refractivity contribution in [1.29, 1.82) is 0 Å². The van der Waals surface area contributed by atoms with E-state index in [9.17, 15) is 8.78 Å². The van der Waals surface area contributed by atoms with Crippen LogP contribution in [0.4, 0.5) is 8.78 Å². The molecule has 5 heteroatoms. The van der Waals surface area contributed by atoms with Crippen LogP contribution in [0.15, 0.2) is 97.1 Å². The van der Waals surface area contributed by atoms with Gasteiger partial charge in [-0.05, 0) is 35.4 Å². The third-order valence-electron chi connectivity index (χ3n) is 4.50. The Morgan fingerprint density at radius 3 is 1.31 bits per heavy atom. The number of rotatable bonds is 6. The van der Waals surface area contributed by atoms with E-state index in [-0.39, 0.29) is 19.3 Å². The van der Waals surface area contributed by atoms with Gasteiger partial charge in [-0.1, -0.05) is 60.7 Å². The Morgan fingerprint density at radius 1 is 0.517 bits per heavy atom. The van der Waals surface area contributed by atoms with Crippen LogP contribution in [0, 0.1) is 11.6 Å². The van der Waals surface area contributed by atoms with Crippen LogP contribution < -0.4 is 9.31 Å². The van der Waals surface area contributed by atoms with Gasteiger partial charge in [0.15, 0.2) is 0 Å². The van der Waals surface area contributed by atoms with Crippen LogP contribution in [0.5, 0.6) is 11.5 Å². The lowest BCUT2D eigenvalue weighted by Crippen LogP contribution is -2.11. The fourth-order valence-electron chi connectivity index (χ4n) is 3.04. The second-order valence-corrected chi connectivity index (χ2v) is 6.42. The molecule has 0 radical (unpaired) electrons. The van der Waals surface area contributed by atoms with Gasteiger partial charge in [-0.25, -0.2) is 8.78 Å². The molecule has 0 bridgehead atoms. The average molecular weight is 386 g/mol. The Balaban J connectivity index is 1.39. The van der Waals surface area contributed by atoms with Gasteiger partial charge in [0, 0.05) is 23.3 Å². The molecule has 0 unspecified atom stereocenters. The van der Waals surface area contributed by atoms with Crippen molar-refractivity contribution in [2.45, 2.75) is 0 Å². The summed E-state index contributed by atoms with van der Waals surface area (Å²) >= 11 is 0. The molecular formula is C24H17BF2O2. The molecule has 4 aromatic carbocycles. The number of hydrogen-bond acceptors (Lipinski definition) is 2. The van der Waals surface area contributed by atoms with Gasteiger partial charge in [-0.3, -0.25) is 0 Å². The van der Waals surface area contributed by atoms with Crippen molar-refractivity contribution in [1.82, 2.24) is 0 Å². The van der Waals surface area contributed by atoms with E-state index in [0.717, 1.165) is 11.1 Å². The molecule has 0 aromatic heterocycles. The van der Waals surface area contributed by atoms with E-state index in [1.165, 1.54) is 12.1 Å². The van der Waals surface area contributed by atoms with Gasteiger partial charge in [0.2, 0.25) is 0 Å². The first-order valence-corrected chi connectivity index (χ1v) is 9.16. The number of benzene rings is 4. The SMILES string of the molecule is Fc1cc(OBOc2ccc(-c3ccccc3)c(F)c2)ccc1-c1ccccc1. The smallest absolute Gasteiger partial charge is 0.528 e. The van der Waals surface area contributed by atoms with E-state index in [4.69, 9.17) is 9.31 Å². The summed E-state index contributed by atoms with van der Waals surface area (Å²) < 4.78 is 39.7. The molecule has 0 N–H and O–H groups in total. The lowest BCUT2D eigenvalue weighted by Gasteiger charge is -2.10. The van der Waals surface area contributed by atoms with Gasteiger partial charge < -0.3 is 9.31 Å². The maximum absolute atomic E-state index is 14.4. The highest BCUT2D eigenvalue weighted by Crippen LogP contribution is 2.27. The number of hydrogen-bond donors (Lipinski definition) is 0. The first-order chi connectivity index (χ1) is 14.2. The lowest BCUT2D eigenvalue weighted by atomic mass is 10.0. The van der Waals surface area contributed by atoms with Crippen molar-refractivity contribution in [3.63, 3.8) is 0 Å². The fourth-order valence-corrected chi connectivity index (χ4v) is 3.04. The highest BCUT2D eigenvalue weighted by Gasteiger charge is 2.09. The average Bonchev–Trinajstić information content (AvgIpc) is 2.75. The summed E-state index contributed by atoms with van der Waals surface area (Å²) in [6.45, 7) is 0.